The van der Waals surface area contributed by atoms with Gasteiger partial charge in [0, 0.05) is 15.5 Å². The fourth-order valence-corrected chi connectivity index (χ4v) is 3.41. The van der Waals surface area contributed by atoms with Crippen LogP contribution in [-0.4, -0.2) is 12.2 Å². The molecule has 0 aliphatic carbocycles. The number of hydrogen-bond donors (Lipinski definition) is 1. The Bertz CT molecular complexity index is 685. The van der Waals surface area contributed by atoms with Crippen LogP contribution >= 0.6 is 11.3 Å². The van der Waals surface area contributed by atoms with Crippen molar-refractivity contribution in [3.8, 4) is 5.75 Å². The summed E-state index contributed by atoms with van der Waals surface area (Å²) in [7, 11) is 1.68. The highest BCUT2D eigenvalue weighted by atomic mass is 32.1. The molecule has 0 amide bonds. The average Bonchev–Trinajstić information content (AvgIpc) is 2.77. The Kier molecular flexibility index (Phi) is 2.50. The SMILES string of the molecule is COc1ccc(CO)c2c1sc1ccccc12. The minimum absolute atomic E-state index is 0.0568. The number of ether oxygens (including phenoxy) is 1. The Hall–Kier alpha value is -1.58. The molecule has 3 aromatic rings. The first-order valence-corrected chi connectivity index (χ1v) is 6.24. The molecule has 0 saturated carbocycles. The van der Waals surface area contributed by atoms with Crippen molar-refractivity contribution >= 4 is 31.5 Å². The van der Waals surface area contributed by atoms with E-state index < -0.39 is 0 Å². The Morgan fingerprint density at radius 3 is 2.76 bits per heavy atom. The summed E-state index contributed by atoms with van der Waals surface area (Å²) < 4.78 is 7.72. The molecule has 0 fully saturated rings. The second-order valence-corrected chi connectivity index (χ2v) is 4.94. The van der Waals surface area contributed by atoms with Crippen LogP contribution in [-0.2, 0) is 6.61 Å². The predicted octanol–water partition coefficient (Wildman–Crippen LogP) is 3.56. The number of methoxy groups -OCH3 is 1. The molecule has 0 saturated heterocycles. The molecule has 86 valence electrons. The van der Waals surface area contributed by atoms with Crippen LogP contribution in [0.15, 0.2) is 36.4 Å². The third-order valence-electron chi connectivity index (χ3n) is 2.97. The van der Waals surface area contributed by atoms with Gasteiger partial charge in [-0.05, 0) is 17.7 Å². The molecule has 1 N–H and O–H groups in total. The Morgan fingerprint density at radius 1 is 1.18 bits per heavy atom. The van der Waals surface area contributed by atoms with Crippen molar-refractivity contribution in [2.75, 3.05) is 7.11 Å². The third kappa shape index (κ3) is 1.51. The largest absolute Gasteiger partial charge is 0.495 e. The maximum absolute atomic E-state index is 9.44. The van der Waals surface area contributed by atoms with Gasteiger partial charge in [0.2, 0.25) is 0 Å². The van der Waals surface area contributed by atoms with Crippen LogP contribution in [0.1, 0.15) is 5.56 Å². The summed E-state index contributed by atoms with van der Waals surface area (Å²) in [5.74, 6) is 0.874. The molecule has 0 bridgehead atoms. The van der Waals surface area contributed by atoms with Gasteiger partial charge in [-0.2, -0.15) is 0 Å². The number of benzene rings is 2. The highest BCUT2D eigenvalue weighted by Crippen LogP contribution is 2.40. The van der Waals surface area contributed by atoms with Crippen LogP contribution < -0.4 is 4.74 Å². The molecule has 0 atom stereocenters. The lowest BCUT2D eigenvalue weighted by Crippen LogP contribution is -1.87. The highest BCUT2D eigenvalue weighted by molar-refractivity contribution is 7.26. The van der Waals surface area contributed by atoms with Crippen molar-refractivity contribution in [2.45, 2.75) is 6.61 Å². The van der Waals surface area contributed by atoms with Crippen LogP contribution in [0.3, 0.4) is 0 Å². The van der Waals surface area contributed by atoms with E-state index in [0.29, 0.717) is 0 Å². The minimum atomic E-state index is 0.0568. The summed E-state index contributed by atoms with van der Waals surface area (Å²) in [6.45, 7) is 0.0568. The first-order valence-electron chi connectivity index (χ1n) is 5.43. The molecule has 0 aliphatic rings. The van der Waals surface area contributed by atoms with E-state index in [0.717, 1.165) is 21.4 Å². The zero-order chi connectivity index (χ0) is 11.8. The van der Waals surface area contributed by atoms with Gasteiger partial charge >= 0.3 is 0 Å². The average molecular weight is 244 g/mol. The summed E-state index contributed by atoms with van der Waals surface area (Å²) in [4.78, 5) is 0. The van der Waals surface area contributed by atoms with Gasteiger partial charge in [0.05, 0.1) is 18.4 Å². The molecule has 0 radical (unpaired) electrons. The summed E-state index contributed by atoms with van der Waals surface area (Å²) in [5, 5.41) is 11.7. The van der Waals surface area contributed by atoms with Gasteiger partial charge in [0.1, 0.15) is 5.75 Å². The van der Waals surface area contributed by atoms with Gasteiger partial charge in [-0.1, -0.05) is 24.3 Å². The first-order chi connectivity index (χ1) is 8.35. The van der Waals surface area contributed by atoms with E-state index >= 15 is 0 Å². The van der Waals surface area contributed by atoms with Crippen molar-refractivity contribution in [3.05, 3.63) is 42.0 Å². The van der Waals surface area contributed by atoms with Crippen molar-refractivity contribution in [2.24, 2.45) is 0 Å². The Labute approximate surface area is 103 Å². The van der Waals surface area contributed by atoms with E-state index in [2.05, 4.69) is 12.1 Å². The van der Waals surface area contributed by atoms with Gasteiger partial charge in [-0.15, -0.1) is 11.3 Å². The lowest BCUT2D eigenvalue weighted by Gasteiger charge is -2.04. The van der Waals surface area contributed by atoms with Crippen molar-refractivity contribution < 1.29 is 9.84 Å². The zero-order valence-electron chi connectivity index (χ0n) is 9.43. The Balaban J connectivity index is 2.53. The van der Waals surface area contributed by atoms with E-state index in [1.807, 2.05) is 24.3 Å². The molecule has 0 aliphatic heterocycles. The number of hydrogen-bond acceptors (Lipinski definition) is 3. The Morgan fingerprint density at radius 2 is 2.00 bits per heavy atom. The summed E-state index contributed by atoms with van der Waals surface area (Å²) in [5.41, 5.74) is 0.957. The minimum Gasteiger partial charge on any atom is -0.495 e. The van der Waals surface area contributed by atoms with Crippen LogP contribution in [0, 0.1) is 0 Å². The quantitative estimate of drug-likeness (QED) is 0.747. The fourth-order valence-electron chi connectivity index (χ4n) is 2.17. The van der Waals surface area contributed by atoms with E-state index in [4.69, 9.17) is 4.74 Å². The highest BCUT2D eigenvalue weighted by Gasteiger charge is 2.12. The molecule has 2 nitrogen and oxygen atoms in total. The first kappa shape index (κ1) is 10.6. The normalized spacial score (nSPS) is 11.2. The van der Waals surface area contributed by atoms with Gasteiger partial charge in [0.25, 0.3) is 0 Å². The van der Waals surface area contributed by atoms with Crippen molar-refractivity contribution in [1.29, 1.82) is 0 Å². The van der Waals surface area contributed by atoms with E-state index in [1.165, 1.54) is 10.1 Å². The molecule has 0 spiro atoms. The molecular weight excluding hydrogens is 232 g/mol. The number of rotatable bonds is 2. The summed E-state index contributed by atoms with van der Waals surface area (Å²) in [6, 6.07) is 12.1. The van der Waals surface area contributed by atoms with Crippen molar-refractivity contribution in [3.63, 3.8) is 0 Å². The molecule has 2 aromatic carbocycles. The van der Waals surface area contributed by atoms with E-state index in [1.54, 1.807) is 18.4 Å². The van der Waals surface area contributed by atoms with Crippen LogP contribution in [0.2, 0.25) is 0 Å². The van der Waals surface area contributed by atoms with Crippen LogP contribution in [0.4, 0.5) is 0 Å². The lowest BCUT2D eigenvalue weighted by molar-refractivity contribution is 0.283. The number of aliphatic hydroxyl groups is 1. The number of thiophene rings is 1. The maximum atomic E-state index is 9.44. The fraction of sp³-hybridized carbons (Fsp3) is 0.143. The summed E-state index contributed by atoms with van der Waals surface area (Å²) >= 11 is 1.71. The lowest BCUT2D eigenvalue weighted by atomic mass is 10.1. The number of aliphatic hydroxyl groups excluding tert-OH is 1. The second kappa shape index (κ2) is 4.02. The monoisotopic (exact) mass is 244 g/mol. The van der Waals surface area contributed by atoms with Crippen LogP contribution in [0.5, 0.6) is 5.75 Å². The third-order valence-corrected chi connectivity index (χ3v) is 4.15. The zero-order valence-corrected chi connectivity index (χ0v) is 10.3. The smallest absolute Gasteiger partial charge is 0.136 e. The van der Waals surface area contributed by atoms with E-state index in [-0.39, 0.29) is 6.61 Å². The van der Waals surface area contributed by atoms with E-state index in [9.17, 15) is 5.11 Å². The predicted molar refractivity (Wildman–Crippen MR) is 71.8 cm³/mol. The standard InChI is InChI=1S/C14H12O2S/c1-16-11-7-6-9(8-15)13-10-4-2-3-5-12(10)17-14(11)13/h2-7,15H,8H2,1H3. The van der Waals surface area contributed by atoms with Gasteiger partial charge in [-0.25, -0.2) is 0 Å². The second-order valence-electron chi connectivity index (χ2n) is 3.89. The maximum Gasteiger partial charge on any atom is 0.136 e. The molecule has 3 rings (SSSR count). The van der Waals surface area contributed by atoms with Gasteiger partial charge < -0.3 is 9.84 Å². The number of fused-ring (bicyclic) bond motifs is 3. The summed E-state index contributed by atoms with van der Waals surface area (Å²) in [6.07, 6.45) is 0. The molecule has 17 heavy (non-hydrogen) atoms. The van der Waals surface area contributed by atoms with Crippen LogP contribution in [0.25, 0.3) is 20.2 Å². The molecule has 1 heterocycles. The molecule has 1 aromatic heterocycles. The molecular formula is C14H12O2S. The topological polar surface area (TPSA) is 29.5 Å². The molecule has 3 heteroatoms. The van der Waals surface area contributed by atoms with Crippen molar-refractivity contribution in [1.82, 2.24) is 0 Å². The van der Waals surface area contributed by atoms with Gasteiger partial charge in [-0.3, -0.25) is 0 Å². The molecule has 0 unspecified atom stereocenters. The van der Waals surface area contributed by atoms with Gasteiger partial charge in [0.15, 0.2) is 0 Å².